The van der Waals surface area contributed by atoms with Crippen LogP contribution in [-0.2, 0) is 10.9 Å². The van der Waals surface area contributed by atoms with Crippen LogP contribution >= 0.6 is 11.3 Å². The summed E-state index contributed by atoms with van der Waals surface area (Å²) >= 11 is 1.16. The smallest absolute Gasteiger partial charge is 0.369 e. The second-order valence-corrected chi connectivity index (χ2v) is 7.85. The number of rotatable bonds is 2. The van der Waals surface area contributed by atoms with Gasteiger partial charge in [-0.3, -0.25) is 4.79 Å². The van der Waals surface area contributed by atoms with Crippen molar-refractivity contribution >= 4 is 17.2 Å². The lowest BCUT2D eigenvalue weighted by molar-refractivity contribution is -0.137. The predicted molar refractivity (Wildman–Crippen MR) is 93.1 cm³/mol. The maximum Gasteiger partial charge on any atom is 0.416 e. The molecule has 2 aromatic rings. The van der Waals surface area contributed by atoms with E-state index < -0.39 is 17.3 Å². The summed E-state index contributed by atoms with van der Waals surface area (Å²) in [5.74, 6) is -0.234. The van der Waals surface area contributed by atoms with Crippen LogP contribution in [0.3, 0.4) is 0 Å². The topological polar surface area (TPSA) is 42.4 Å². The molecule has 0 bridgehead atoms. The minimum absolute atomic E-state index is 0.0933. The first-order chi connectivity index (χ1) is 12.0. The van der Waals surface area contributed by atoms with Crippen LogP contribution in [0.5, 0.6) is 0 Å². The Morgan fingerprint density at radius 1 is 1.38 bits per heavy atom. The van der Waals surface area contributed by atoms with E-state index in [-0.39, 0.29) is 17.7 Å². The summed E-state index contributed by atoms with van der Waals surface area (Å²) < 4.78 is 44.4. The zero-order valence-electron chi connectivity index (χ0n) is 14.6. The third-order valence-corrected chi connectivity index (χ3v) is 4.91. The number of thiazole rings is 1. The number of morpholine rings is 1. The standard InChI is InChI=1S/C18H19F3N2O2S/c1-11-8-23(10-17(2,3)25-11)16(24)14-9-26-15(22-14)12-5-4-6-13(7-12)18(19,20)21/h4-7,9,11H,8,10H2,1-3H3. The van der Waals surface area contributed by atoms with Crippen molar-refractivity contribution in [3.05, 3.63) is 40.9 Å². The average Bonchev–Trinajstić information content (AvgIpc) is 3.01. The van der Waals surface area contributed by atoms with Gasteiger partial charge in [0.1, 0.15) is 10.7 Å². The molecule has 1 amide bonds. The summed E-state index contributed by atoms with van der Waals surface area (Å²) in [6, 6.07) is 4.96. The number of hydrogen-bond acceptors (Lipinski definition) is 4. The number of halogens is 3. The van der Waals surface area contributed by atoms with E-state index in [2.05, 4.69) is 4.98 Å². The number of benzene rings is 1. The van der Waals surface area contributed by atoms with Gasteiger partial charge in [0.05, 0.1) is 17.3 Å². The molecule has 0 spiro atoms. The fraction of sp³-hybridized carbons (Fsp3) is 0.444. The molecular formula is C18H19F3N2O2S. The van der Waals surface area contributed by atoms with Crippen LogP contribution in [0.4, 0.5) is 13.2 Å². The normalized spacial score (nSPS) is 20.2. The van der Waals surface area contributed by atoms with Crippen molar-refractivity contribution < 1.29 is 22.7 Å². The molecule has 3 rings (SSSR count). The highest BCUT2D eigenvalue weighted by Crippen LogP contribution is 2.33. The first-order valence-electron chi connectivity index (χ1n) is 8.15. The first-order valence-corrected chi connectivity index (χ1v) is 9.03. The van der Waals surface area contributed by atoms with E-state index in [0.717, 1.165) is 23.5 Å². The molecule has 2 heterocycles. The Morgan fingerprint density at radius 3 is 2.77 bits per heavy atom. The molecule has 1 atom stereocenters. The van der Waals surface area contributed by atoms with Crippen LogP contribution in [-0.4, -0.2) is 40.6 Å². The molecule has 1 aliphatic heterocycles. The van der Waals surface area contributed by atoms with Gasteiger partial charge in [-0.25, -0.2) is 4.98 Å². The lowest BCUT2D eigenvalue weighted by atomic mass is 10.1. The Bertz CT molecular complexity index is 817. The van der Waals surface area contributed by atoms with Crippen LogP contribution in [0.25, 0.3) is 10.6 Å². The Labute approximate surface area is 153 Å². The molecular weight excluding hydrogens is 365 g/mol. The average molecular weight is 384 g/mol. The van der Waals surface area contributed by atoms with Gasteiger partial charge in [-0.05, 0) is 32.9 Å². The van der Waals surface area contributed by atoms with Gasteiger partial charge in [0.25, 0.3) is 5.91 Å². The highest BCUT2D eigenvalue weighted by atomic mass is 32.1. The third kappa shape index (κ3) is 4.07. The summed E-state index contributed by atoms with van der Waals surface area (Å²) in [5.41, 5.74) is -0.596. The summed E-state index contributed by atoms with van der Waals surface area (Å²) in [4.78, 5) is 18.7. The van der Waals surface area contributed by atoms with Gasteiger partial charge < -0.3 is 9.64 Å². The van der Waals surface area contributed by atoms with Gasteiger partial charge in [0, 0.05) is 24.0 Å². The summed E-state index contributed by atoms with van der Waals surface area (Å²) in [7, 11) is 0. The molecule has 26 heavy (non-hydrogen) atoms. The molecule has 8 heteroatoms. The maximum absolute atomic E-state index is 12.9. The number of hydrogen-bond donors (Lipinski definition) is 0. The number of aromatic nitrogens is 1. The molecule has 1 aromatic heterocycles. The lowest BCUT2D eigenvalue weighted by Gasteiger charge is -2.41. The number of amides is 1. The molecule has 1 saturated heterocycles. The molecule has 0 saturated carbocycles. The zero-order valence-corrected chi connectivity index (χ0v) is 15.4. The monoisotopic (exact) mass is 384 g/mol. The largest absolute Gasteiger partial charge is 0.416 e. The SMILES string of the molecule is CC1CN(C(=O)c2csc(-c3cccc(C(F)(F)F)c3)n2)CC(C)(C)O1. The predicted octanol–water partition coefficient (Wildman–Crippen LogP) is 4.47. The van der Waals surface area contributed by atoms with Crippen molar-refractivity contribution in [3.8, 4) is 10.6 Å². The molecule has 4 nitrogen and oxygen atoms in total. The van der Waals surface area contributed by atoms with Crippen LogP contribution in [0.15, 0.2) is 29.6 Å². The van der Waals surface area contributed by atoms with Crippen molar-refractivity contribution in [3.63, 3.8) is 0 Å². The Morgan fingerprint density at radius 2 is 2.12 bits per heavy atom. The van der Waals surface area contributed by atoms with Crippen LogP contribution in [0.2, 0.25) is 0 Å². The summed E-state index contributed by atoms with van der Waals surface area (Å²) in [6.45, 7) is 6.62. The zero-order chi connectivity index (χ0) is 19.1. The fourth-order valence-corrected chi connectivity index (χ4v) is 3.89. The fourth-order valence-electron chi connectivity index (χ4n) is 3.10. The molecule has 0 aliphatic carbocycles. The summed E-state index contributed by atoms with van der Waals surface area (Å²) in [5, 5.41) is 1.98. The second kappa shape index (κ2) is 6.66. The van der Waals surface area contributed by atoms with Gasteiger partial charge in [0.2, 0.25) is 0 Å². The van der Waals surface area contributed by atoms with Crippen molar-refractivity contribution in [1.29, 1.82) is 0 Å². The number of carbonyl (C=O) groups excluding carboxylic acids is 1. The highest BCUT2D eigenvalue weighted by molar-refractivity contribution is 7.13. The maximum atomic E-state index is 12.9. The van der Waals surface area contributed by atoms with Gasteiger partial charge in [-0.15, -0.1) is 11.3 Å². The lowest BCUT2D eigenvalue weighted by Crippen LogP contribution is -2.53. The first kappa shape index (κ1) is 18.8. The minimum Gasteiger partial charge on any atom is -0.369 e. The quantitative estimate of drug-likeness (QED) is 0.767. The Hall–Kier alpha value is -1.93. The van der Waals surface area contributed by atoms with Crippen molar-refractivity contribution in [1.82, 2.24) is 9.88 Å². The van der Waals surface area contributed by atoms with Gasteiger partial charge in [0.15, 0.2) is 0 Å². The minimum atomic E-state index is -4.42. The second-order valence-electron chi connectivity index (χ2n) is 6.99. The number of alkyl halides is 3. The van der Waals surface area contributed by atoms with E-state index >= 15 is 0 Å². The van der Waals surface area contributed by atoms with E-state index in [1.807, 2.05) is 20.8 Å². The van der Waals surface area contributed by atoms with Crippen molar-refractivity contribution in [2.45, 2.75) is 38.7 Å². The Balaban J connectivity index is 1.83. The van der Waals surface area contributed by atoms with E-state index in [1.165, 1.54) is 6.07 Å². The highest BCUT2D eigenvalue weighted by Gasteiger charge is 2.35. The van der Waals surface area contributed by atoms with E-state index in [1.54, 1.807) is 16.3 Å². The molecule has 140 valence electrons. The van der Waals surface area contributed by atoms with E-state index in [0.29, 0.717) is 23.7 Å². The van der Waals surface area contributed by atoms with Gasteiger partial charge in [-0.2, -0.15) is 13.2 Å². The van der Waals surface area contributed by atoms with E-state index in [9.17, 15) is 18.0 Å². The van der Waals surface area contributed by atoms with Gasteiger partial charge >= 0.3 is 6.18 Å². The molecule has 1 unspecified atom stereocenters. The summed E-state index contributed by atoms with van der Waals surface area (Å²) in [6.07, 6.45) is -4.51. The van der Waals surface area contributed by atoms with Crippen LogP contribution in [0.1, 0.15) is 36.8 Å². The van der Waals surface area contributed by atoms with Crippen molar-refractivity contribution in [2.75, 3.05) is 13.1 Å². The number of nitrogens with zero attached hydrogens (tertiary/aromatic N) is 2. The van der Waals surface area contributed by atoms with Crippen LogP contribution < -0.4 is 0 Å². The molecule has 1 fully saturated rings. The van der Waals surface area contributed by atoms with Crippen LogP contribution in [0, 0.1) is 0 Å². The number of carbonyl (C=O) groups is 1. The molecule has 1 aromatic carbocycles. The molecule has 1 aliphatic rings. The van der Waals surface area contributed by atoms with Crippen molar-refractivity contribution in [2.24, 2.45) is 0 Å². The van der Waals surface area contributed by atoms with E-state index in [4.69, 9.17) is 4.74 Å². The molecule has 0 N–H and O–H groups in total. The molecule has 0 radical (unpaired) electrons. The Kier molecular flexibility index (Phi) is 4.83. The van der Waals surface area contributed by atoms with Gasteiger partial charge in [-0.1, -0.05) is 12.1 Å². The number of ether oxygens (including phenoxy) is 1. The third-order valence-electron chi connectivity index (χ3n) is 4.02.